The number of benzene rings is 2. The number of carbonyl (C=O) groups excluding carboxylic acids is 1. The summed E-state index contributed by atoms with van der Waals surface area (Å²) in [7, 11) is -4.04. The van der Waals surface area contributed by atoms with Crippen molar-refractivity contribution in [3.05, 3.63) is 54.3 Å². The van der Waals surface area contributed by atoms with E-state index in [9.17, 15) is 17.6 Å². The van der Waals surface area contributed by atoms with Crippen molar-refractivity contribution in [3.63, 3.8) is 0 Å². The molecule has 0 radical (unpaired) electrons. The lowest BCUT2D eigenvalue weighted by molar-refractivity contribution is -0.129. The number of sulfonamides is 1. The van der Waals surface area contributed by atoms with Crippen LogP contribution >= 0.6 is 0 Å². The fraction of sp³-hybridized carbons (Fsp3) is 0.350. The second-order valence-electron chi connectivity index (χ2n) is 5.96. The molecule has 1 amide bonds. The SMILES string of the molecule is CCOc1ccc(S(=O)(=O)N(CC(=O)N(CC)CC)c2ccc(F)cc2)cc1. The Morgan fingerprint density at radius 3 is 2.04 bits per heavy atom. The first-order valence-electron chi connectivity index (χ1n) is 9.12. The van der Waals surface area contributed by atoms with E-state index >= 15 is 0 Å². The summed E-state index contributed by atoms with van der Waals surface area (Å²) in [6, 6.07) is 11.0. The molecule has 0 aliphatic heterocycles. The van der Waals surface area contributed by atoms with E-state index in [1.165, 1.54) is 24.3 Å². The average molecular weight is 408 g/mol. The summed E-state index contributed by atoms with van der Waals surface area (Å²) in [6.07, 6.45) is 0. The molecule has 0 aliphatic carbocycles. The van der Waals surface area contributed by atoms with Crippen LogP contribution in [0, 0.1) is 5.82 Å². The summed E-state index contributed by atoms with van der Waals surface area (Å²) in [5.74, 6) is -0.268. The van der Waals surface area contributed by atoms with E-state index in [0.717, 1.165) is 16.4 Å². The van der Waals surface area contributed by atoms with Crippen LogP contribution in [0.2, 0.25) is 0 Å². The first-order chi connectivity index (χ1) is 13.3. The van der Waals surface area contributed by atoms with Crippen molar-refractivity contribution in [1.29, 1.82) is 0 Å². The highest BCUT2D eigenvalue weighted by Crippen LogP contribution is 2.25. The van der Waals surface area contributed by atoms with Gasteiger partial charge in [-0.05, 0) is 69.3 Å². The Morgan fingerprint density at radius 2 is 1.54 bits per heavy atom. The Morgan fingerprint density at radius 1 is 0.964 bits per heavy atom. The summed E-state index contributed by atoms with van der Waals surface area (Å²) < 4.78 is 46.2. The molecule has 152 valence electrons. The first-order valence-corrected chi connectivity index (χ1v) is 10.6. The van der Waals surface area contributed by atoms with Gasteiger partial charge >= 0.3 is 0 Å². The molecule has 0 aliphatic rings. The average Bonchev–Trinajstić information content (AvgIpc) is 2.68. The van der Waals surface area contributed by atoms with Gasteiger partial charge in [0.2, 0.25) is 5.91 Å². The lowest BCUT2D eigenvalue weighted by atomic mass is 10.3. The van der Waals surface area contributed by atoms with Crippen LogP contribution in [-0.2, 0) is 14.8 Å². The van der Waals surface area contributed by atoms with E-state index in [2.05, 4.69) is 0 Å². The number of halogens is 1. The van der Waals surface area contributed by atoms with Crippen LogP contribution in [0.15, 0.2) is 53.4 Å². The quantitative estimate of drug-likeness (QED) is 0.639. The van der Waals surface area contributed by atoms with Gasteiger partial charge in [0.25, 0.3) is 10.0 Å². The van der Waals surface area contributed by atoms with Gasteiger partial charge in [0, 0.05) is 13.1 Å². The van der Waals surface area contributed by atoms with Crippen molar-refractivity contribution < 1.29 is 22.3 Å². The zero-order valence-corrected chi connectivity index (χ0v) is 17.1. The topological polar surface area (TPSA) is 66.9 Å². The molecule has 2 aromatic rings. The van der Waals surface area contributed by atoms with Crippen molar-refractivity contribution in [2.45, 2.75) is 25.7 Å². The minimum absolute atomic E-state index is 0.0209. The van der Waals surface area contributed by atoms with Gasteiger partial charge in [0.1, 0.15) is 18.1 Å². The van der Waals surface area contributed by atoms with Crippen LogP contribution in [0.3, 0.4) is 0 Å². The molecule has 0 fully saturated rings. The third-order valence-corrected chi connectivity index (χ3v) is 6.02. The van der Waals surface area contributed by atoms with E-state index in [1.54, 1.807) is 17.0 Å². The van der Waals surface area contributed by atoms with E-state index in [4.69, 9.17) is 4.74 Å². The van der Waals surface area contributed by atoms with Crippen LogP contribution in [0.4, 0.5) is 10.1 Å². The predicted molar refractivity (Wildman–Crippen MR) is 106 cm³/mol. The van der Waals surface area contributed by atoms with Crippen LogP contribution in [-0.4, -0.2) is 45.5 Å². The number of nitrogens with zero attached hydrogens (tertiary/aromatic N) is 2. The monoisotopic (exact) mass is 408 g/mol. The molecule has 0 N–H and O–H groups in total. The fourth-order valence-electron chi connectivity index (χ4n) is 2.72. The Bertz CT molecular complexity index is 879. The maximum atomic E-state index is 13.3. The van der Waals surface area contributed by atoms with Gasteiger partial charge in [-0.1, -0.05) is 0 Å². The van der Waals surface area contributed by atoms with Gasteiger partial charge in [0.15, 0.2) is 0 Å². The van der Waals surface area contributed by atoms with Crippen LogP contribution in [0.1, 0.15) is 20.8 Å². The third kappa shape index (κ3) is 5.01. The van der Waals surface area contributed by atoms with Crippen molar-refractivity contribution in [1.82, 2.24) is 4.90 Å². The number of hydrogen-bond donors (Lipinski definition) is 0. The highest BCUT2D eigenvalue weighted by Gasteiger charge is 2.28. The molecular formula is C20H25FN2O4S. The Balaban J connectivity index is 2.44. The van der Waals surface area contributed by atoms with Crippen LogP contribution in [0.25, 0.3) is 0 Å². The summed E-state index contributed by atoms with van der Waals surface area (Å²) in [6.45, 7) is 6.51. The van der Waals surface area contributed by atoms with Crippen molar-refractivity contribution in [2.75, 3.05) is 30.5 Å². The fourth-order valence-corrected chi connectivity index (χ4v) is 4.14. The molecule has 2 rings (SSSR count). The largest absolute Gasteiger partial charge is 0.494 e. The van der Waals surface area contributed by atoms with Gasteiger partial charge in [-0.25, -0.2) is 12.8 Å². The second-order valence-corrected chi connectivity index (χ2v) is 7.82. The molecule has 6 nitrogen and oxygen atoms in total. The van der Waals surface area contributed by atoms with E-state index < -0.39 is 15.8 Å². The number of ether oxygens (including phenoxy) is 1. The van der Waals surface area contributed by atoms with Crippen molar-refractivity contribution in [2.24, 2.45) is 0 Å². The molecule has 0 atom stereocenters. The molecule has 0 bridgehead atoms. The predicted octanol–water partition coefficient (Wildman–Crippen LogP) is 3.29. The molecule has 0 saturated carbocycles. The Hall–Kier alpha value is -2.61. The first kappa shape index (κ1) is 21.7. The maximum absolute atomic E-state index is 13.3. The molecule has 8 heteroatoms. The molecule has 0 spiro atoms. The van der Waals surface area contributed by atoms with Crippen LogP contribution < -0.4 is 9.04 Å². The molecule has 0 aromatic heterocycles. The standard InChI is InChI=1S/C20H25FN2O4S/c1-4-22(5-2)20(24)15-23(17-9-7-16(21)8-10-17)28(25,26)19-13-11-18(12-14-19)27-6-3/h7-14H,4-6,15H2,1-3H3. The van der Waals surface area contributed by atoms with Gasteiger partial charge < -0.3 is 9.64 Å². The molecule has 28 heavy (non-hydrogen) atoms. The Labute approximate surface area is 165 Å². The number of hydrogen-bond acceptors (Lipinski definition) is 4. The van der Waals surface area contributed by atoms with Crippen LogP contribution in [0.5, 0.6) is 5.75 Å². The van der Waals surface area contributed by atoms with Gasteiger partial charge in [-0.3, -0.25) is 9.10 Å². The number of carbonyl (C=O) groups is 1. The maximum Gasteiger partial charge on any atom is 0.264 e. The summed E-state index contributed by atoms with van der Waals surface area (Å²) in [5, 5.41) is 0. The van der Waals surface area contributed by atoms with Crippen molar-refractivity contribution in [3.8, 4) is 5.75 Å². The smallest absolute Gasteiger partial charge is 0.264 e. The molecule has 0 heterocycles. The van der Waals surface area contributed by atoms with Crippen molar-refractivity contribution >= 4 is 21.6 Å². The van der Waals surface area contributed by atoms with E-state index in [1.807, 2.05) is 20.8 Å². The van der Waals surface area contributed by atoms with E-state index in [0.29, 0.717) is 25.4 Å². The zero-order valence-electron chi connectivity index (χ0n) is 16.3. The molecule has 0 saturated heterocycles. The highest BCUT2D eigenvalue weighted by molar-refractivity contribution is 7.92. The van der Waals surface area contributed by atoms with Gasteiger partial charge in [-0.15, -0.1) is 0 Å². The lowest BCUT2D eigenvalue weighted by Crippen LogP contribution is -2.43. The zero-order chi connectivity index (χ0) is 20.7. The van der Waals surface area contributed by atoms with Gasteiger partial charge in [-0.2, -0.15) is 0 Å². The van der Waals surface area contributed by atoms with E-state index in [-0.39, 0.29) is 23.0 Å². The Kier molecular flexibility index (Phi) is 7.39. The summed E-state index contributed by atoms with van der Waals surface area (Å²) in [4.78, 5) is 14.2. The number of anilines is 1. The summed E-state index contributed by atoms with van der Waals surface area (Å²) in [5.41, 5.74) is 0.218. The molecule has 0 unspecified atom stereocenters. The minimum atomic E-state index is -4.04. The minimum Gasteiger partial charge on any atom is -0.494 e. The lowest BCUT2D eigenvalue weighted by Gasteiger charge is -2.27. The van der Waals surface area contributed by atoms with Gasteiger partial charge in [0.05, 0.1) is 17.2 Å². The summed E-state index contributed by atoms with van der Waals surface area (Å²) >= 11 is 0. The number of amides is 1. The normalized spacial score (nSPS) is 11.1. The number of likely N-dealkylation sites (N-methyl/N-ethyl adjacent to an activating group) is 1. The molecule has 2 aromatic carbocycles. The number of rotatable bonds is 9. The molecular weight excluding hydrogens is 383 g/mol. The highest BCUT2D eigenvalue weighted by atomic mass is 32.2. The second kappa shape index (κ2) is 9.54. The third-order valence-electron chi connectivity index (χ3n) is 4.23.